The summed E-state index contributed by atoms with van der Waals surface area (Å²) in [7, 11) is 0. The maximum Gasteiger partial charge on any atom is 0.416 e. The van der Waals surface area contributed by atoms with Crippen LogP contribution in [-0.4, -0.2) is 107 Å². The molecule has 0 aliphatic carbocycles. The van der Waals surface area contributed by atoms with Gasteiger partial charge in [0.15, 0.2) is 0 Å². The highest BCUT2D eigenvalue weighted by Gasteiger charge is 2.33. The van der Waals surface area contributed by atoms with Gasteiger partial charge in [0, 0.05) is 91.7 Å². The van der Waals surface area contributed by atoms with Crippen molar-refractivity contribution < 1.29 is 55.1 Å². The Bertz CT molecular complexity index is 3260. The van der Waals surface area contributed by atoms with Crippen LogP contribution in [-0.2, 0) is 39.8 Å². The van der Waals surface area contributed by atoms with Crippen molar-refractivity contribution in [1.29, 1.82) is 0 Å². The monoisotopic (exact) mass is 1150 g/mol. The van der Waals surface area contributed by atoms with Crippen LogP contribution in [0, 0.1) is 0 Å². The molecule has 0 unspecified atom stereocenters. The van der Waals surface area contributed by atoms with E-state index in [9.17, 15) is 50.3 Å². The van der Waals surface area contributed by atoms with Crippen molar-refractivity contribution in [2.24, 2.45) is 5.73 Å². The number of carbonyl (C=O) groups is 5. The van der Waals surface area contributed by atoms with Crippen molar-refractivity contribution in [3.05, 3.63) is 166 Å². The number of anilines is 2. The summed E-state index contributed by atoms with van der Waals surface area (Å²) in [6, 6.07) is 23.6. The van der Waals surface area contributed by atoms with Crippen molar-refractivity contribution in [2.75, 3.05) is 62.2 Å². The standard InChI is InChI=1S/C33H38F3N5O4.C28H30F3N5O2/c1-21(39-30(43)26-16-28(20-37-18-26)41-14-12-40(13-15-41)22(2)42)23-6-8-24(9-7-23)29-17-27(33(34,35)36)11-10-25(29)19-38-31(44)45-32(3,4)5;1-18(20-3-5-21(6-4-20)26-14-24(28(29,30)31)8-7-22(26)15-32)34-27(38)23-13-25(17-33-16-23)36-11-9-35(10-12-36)19(2)37/h6-11,16-18,20-21H,12-15,19H2,1-5H3,(H,38,44)(H,39,43);3-8,13-14,16-18H,9-12,15,32H2,1-2H3,(H,34,38)/t21-;18-/m11/s1. The fourth-order valence-corrected chi connectivity index (χ4v) is 9.49. The third-order valence-electron chi connectivity index (χ3n) is 14.2. The number of halogens is 6. The molecule has 4 aromatic carbocycles. The second-order valence-electron chi connectivity index (χ2n) is 21.3. The van der Waals surface area contributed by atoms with E-state index in [1.165, 1.54) is 24.5 Å². The largest absolute Gasteiger partial charge is 0.444 e. The van der Waals surface area contributed by atoms with Crippen LogP contribution >= 0.6 is 0 Å². The van der Waals surface area contributed by atoms with Crippen LogP contribution in [0.2, 0.25) is 0 Å². The lowest BCUT2D eigenvalue weighted by Crippen LogP contribution is -2.48. The van der Waals surface area contributed by atoms with Crippen molar-refractivity contribution in [1.82, 2.24) is 35.7 Å². The molecule has 2 atom stereocenters. The Morgan fingerprint density at radius 1 is 0.554 bits per heavy atom. The average molecular weight is 1150 g/mol. The Balaban J connectivity index is 0.000000242. The molecular weight excluding hydrogens is 1080 g/mol. The first kappa shape index (κ1) is 62.1. The third-order valence-corrected chi connectivity index (χ3v) is 14.2. The van der Waals surface area contributed by atoms with Crippen molar-refractivity contribution in [2.45, 2.75) is 91.6 Å². The van der Waals surface area contributed by atoms with E-state index in [1.54, 1.807) is 117 Å². The number of alkyl carbamates (subject to hydrolysis) is 1. The maximum absolute atomic E-state index is 13.6. The number of alkyl halides is 6. The van der Waals surface area contributed by atoms with E-state index < -0.39 is 41.2 Å². The van der Waals surface area contributed by atoms with Crippen LogP contribution < -0.4 is 31.5 Å². The van der Waals surface area contributed by atoms with Crippen LogP contribution in [0.3, 0.4) is 0 Å². The Hall–Kier alpha value is -8.53. The number of piperazine rings is 2. The number of hydrogen-bond donors (Lipinski definition) is 4. The van der Waals surface area contributed by atoms with E-state index in [0.29, 0.717) is 96.9 Å². The number of pyridine rings is 2. The first-order chi connectivity index (χ1) is 39.2. The smallest absolute Gasteiger partial charge is 0.416 e. The molecule has 2 aromatic heterocycles. The third kappa shape index (κ3) is 16.8. The lowest BCUT2D eigenvalue weighted by atomic mass is 9.95. The number of nitrogens with two attached hydrogens (primary N) is 1. The van der Waals surface area contributed by atoms with Crippen LogP contribution in [0.5, 0.6) is 0 Å². The maximum atomic E-state index is 13.6. The van der Waals surface area contributed by atoms with Gasteiger partial charge in [-0.3, -0.25) is 29.1 Å². The van der Waals surface area contributed by atoms with Crippen LogP contribution in [0.25, 0.3) is 22.3 Å². The second-order valence-corrected chi connectivity index (χ2v) is 21.3. The zero-order valence-electron chi connectivity index (χ0n) is 47.3. The van der Waals surface area contributed by atoms with Gasteiger partial charge in [-0.2, -0.15) is 26.3 Å². The Morgan fingerprint density at radius 3 is 1.30 bits per heavy atom. The Morgan fingerprint density at radius 2 is 0.940 bits per heavy atom. The van der Waals surface area contributed by atoms with E-state index in [4.69, 9.17) is 10.5 Å². The topological polar surface area (TPSA) is 195 Å². The summed E-state index contributed by atoms with van der Waals surface area (Å²) >= 11 is 0. The van der Waals surface area contributed by atoms with E-state index in [2.05, 4.69) is 35.7 Å². The average Bonchev–Trinajstić information content (AvgIpc) is 3.63. The molecule has 8 rings (SSSR count). The predicted octanol–water partition coefficient (Wildman–Crippen LogP) is 10.3. The molecule has 6 aromatic rings. The van der Waals surface area contributed by atoms with Gasteiger partial charge in [-0.25, -0.2) is 4.79 Å². The number of amides is 5. The van der Waals surface area contributed by atoms with Gasteiger partial charge in [0.05, 0.1) is 58.1 Å². The van der Waals surface area contributed by atoms with E-state index in [1.807, 2.05) is 13.8 Å². The molecule has 4 heterocycles. The van der Waals surface area contributed by atoms with Crippen molar-refractivity contribution in [3.63, 3.8) is 0 Å². The molecule has 83 heavy (non-hydrogen) atoms. The summed E-state index contributed by atoms with van der Waals surface area (Å²) in [6.45, 7) is 17.0. The minimum absolute atomic E-state index is 0.0316. The first-order valence-corrected chi connectivity index (χ1v) is 27.0. The van der Waals surface area contributed by atoms with Crippen LogP contribution in [0.4, 0.5) is 42.5 Å². The van der Waals surface area contributed by atoms with E-state index >= 15 is 0 Å². The number of carbonyl (C=O) groups excluding carboxylic acids is 5. The fraction of sp³-hybridized carbons (Fsp3) is 0.361. The van der Waals surface area contributed by atoms with Gasteiger partial charge in [0.1, 0.15) is 5.60 Å². The number of ether oxygens (including phenoxy) is 1. The quantitative estimate of drug-likeness (QED) is 0.0804. The molecule has 5 N–H and O–H groups in total. The summed E-state index contributed by atoms with van der Waals surface area (Å²) in [4.78, 5) is 77.7. The summed E-state index contributed by atoms with van der Waals surface area (Å²) < 4.78 is 85.7. The first-order valence-electron chi connectivity index (χ1n) is 27.0. The van der Waals surface area contributed by atoms with E-state index in [0.717, 1.165) is 46.8 Å². The fourth-order valence-electron chi connectivity index (χ4n) is 9.49. The molecule has 2 aliphatic rings. The van der Waals surface area contributed by atoms with Gasteiger partial charge < -0.3 is 46.0 Å². The van der Waals surface area contributed by atoms with Crippen LogP contribution in [0.15, 0.2) is 122 Å². The predicted molar refractivity (Wildman–Crippen MR) is 304 cm³/mol. The SMILES string of the molecule is CC(=O)N1CCN(c2cncc(C(=O)N[C@H](C)c3ccc(-c4cc(C(F)(F)F)ccc4CN)cc3)c2)CC1.CC(=O)N1CCN(c2cncc(C(=O)N[C@H](C)c3ccc(-c4cc(C(F)(F)F)ccc4CNC(=O)OC(C)(C)C)cc3)c2)CC1. The van der Waals surface area contributed by atoms with Gasteiger partial charge in [-0.05, 0) is 116 Å². The molecular formula is C61H68F6N10O6. The molecule has 22 heteroatoms. The minimum atomic E-state index is -4.54. The van der Waals surface area contributed by atoms with Gasteiger partial charge >= 0.3 is 18.4 Å². The highest BCUT2D eigenvalue weighted by molar-refractivity contribution is 5.95. The number of aromatic nitrogens is 2. The molecule has 2 fully saturated rings. The molecule has 440 valence electrons. The summed E-state index contributed by atoms with van der Waals surface area (Å²) in [5.74, 6) is -0.528. The van der Waals surface area contributed by atoms with Crippen LogP contribution in [0.1, 0.15) is 115 Å². The molecule has 16 nitrogen and oxygen atoms in total. The van der Waals surface area contributed by atoms with Gasteiger partial charge in [-0.1, -0.05) is 60.7 Å². The minimum Gasteiger partial charge on any atom is -0.444 e. The molecule has 5 amide bonds. The summed E-state index contributed by atoms with van der Waals surface area (Å²) in [6.07, 6.45) is -3.29. The normalized spacial score (nSPS) is 14.6. The van der Waals surface area contributed by atoms with Gasteiger partial charge in [-0.15, -0.1) is 0 Å². The zero-order valence-corrected chi connectivity index (χ0v) is 47.3. The molecule has 2 saturated heterocycles. The number of rotatable bonds is 13. The number of hydrogen-bond acceptors (Lipinski definition) is 11. The second kappa shape index (κ2) is 26.6. The van der Waals surface area contributed by atoms with Gasteiger partial charge in [0.2, 0.25) is 11.8 Å². The lowest BCUT2D eigenvalue weighted by Gasteiger charge is -2.35. The lowest BCUT2D eigenvalue weighted by molar-refractivity contribution is -0.138. The highest BCUT2D eigenvalue weighted by atomic mass is 19.4. The summed E-state index contributed by atoms with van der Waals surface area (Å²) in [5, 5.41) is 8.52. The molecule has 0 spiro atoms. The van der Waals surface area contributed by atoms with Crippen molar-refractivity contribution in [3.8, 4) is 22.3 Å². The number of benzene rings is 4. The van der Waals surface area contributed by atoms with Crippen molar-refractivity contribution >= 4 is 41.1 Å². The summed E-state index contributed by atoms with van der Waals surface area (Å²) in [5.41, 5.74) is 10.4. The molecule has 0 bridgehead atoms. The molecule has 2 aliphatic heterocycles. The Labute approximate surface area is 478 Å². The number of nitrogens with one attached hydrogen (secondary N) is 3. The zero-order chi connectivity index (χ0) is 60.4. The van der Waals surface area contributed by atoms with Gasteiger partial charge in [0.25, 0.3) is 11.8 Å². The number of nitrogens with zero attached hydrogens (tertiary/aromatic N) is 6. The highest BCUT2D eigenvalue weighted by Crippen LogP contribution is 2.36. The van der Waals surface area contributed by atoms with E-state index in [-0.39, 0.29) is 42.8 Å². The molecule has 0 radical (unpaired) electrons. The Kier molecular flexibility index (Phi) is 19.9. The molecule has 0 saturated carbocycles.